The number of pyridine rings is 1. The summed E-state index contributed by atoms with van der Waals surface area (Å²) in [5.41, 5.74) is 3.63. The third kappa shape index (κ3) is 3.83. The van der Waals surface area contributed by atoms with Gasteiger partial charge in [-0.3, -0.25) is 0 Å². The van der Waals surface area contributed by atoms with Crippen LogP contribution in [0.3, 0.4) is 0 Å². The summed E-state index contributed by atoms with van der Waals surface area (Å²) < 4.78 is 1.81. The highest BCUT2D eigenvalue weighted by Crippen LogP contribution is 2.29. The molecule has 0 saturated carbocycles. The van der Waals surface area contributed by atoms with E-state index in [1.807, 2.05) is 41.0 Å². The number of nitrogens with zero attached hydrogens (tertiary/aromatic N) is 5. The van der Waals surface area contributed by atoms with Crippen molar-refractivity contribution >= 4 is 35.4 Å². The SMILES string of the molecule is CCC1CCCN1c1cccc(Nc2cc(-c3ccccc3)nn3ccnc23)n1.Cl. The molecule has 1 fully saturated rings. The second-order valence-corrected chi connectivity index (χ2v) is 7.41. The van der Waals surface area contributed by atoms with Gasteiger partial charge in [-0.1, -0.05) is 43.3 Å². The van der Waals surface area contributed by atoms with Crippen molar-refractivity contribution in [1.82, 2.24) is 19.6 Å². The monoisotopic (exact) mass is 420 g/mol. The highest BCUT2D eigenvalue weighted by molar-refractivity contribution is 5.85. The Morgan fingerprint density at radius 2 is 1.97 bits per heavy atom. The molecular formula is C23H25ClN6. The predicted molar refractivity (Wildman–Crippen MR) is 124 cm³/mol. The molecule has 0 bridgehead atoms. The first kappa shape index (κ1) is 20.2. The molecule has 0 aliphatic carbocycles. The molecule has 1 atom stereocenters. The van der Waals surface area contributed by atoms with Gasteiger partial charge < -0.3 is 10.2 Å². The Morgan fingerprint density at radius 1 is 1.10 bits per heavy atom. The van der Waals surface area contributed by atoms with Crippen LogP contribution in [-0.4, -0.2) is 32.2 Å². The van der Waals surface area contributed by atoms with Crippen molar-refractivity contribution in [3.05, 3.63) is 67.0 Å². The summed E-state index contributed by atoms with van der Waals surface area (Å²) in [4.78, 5) is 11.8. The molecule has 0 amide bonds. The van der Waals surface area contributed by atoms with Crippen molar-refractivity contribution in [3.63, 3.8) is 0 Å². The van der Waals surface area contributed by atoms with Gasteiger partial charge in [0.1, 0.15) is 11.6 Å². The van der Waals surface area contributed by atoms with E-state index < -0.39 is 0 Å². The predicted octanol–water partition coefficient (Wildman–Crippen LogP) is 5.34. The van der Waals surface area contributed by atoms with Crippen molar-refractivity contribution in [1.29, 1.82) is 0 Å². The molecule has 7 heteroatoms. The van der Waals surface area contributed by atoms with E-state index in [-0.39, 0.29) is 12.4 Å². The number of halogens is 1. The van der Waals surface area contributed by atoms with Gasteiger partial charge in [-0.2, -0.15) is 5.10 Å². The summed E-state index contributed by atoms with van der Waals surface area (Å²) in [6.07, 6.45) is 7.26. The lowest BCUT2D eigenvalue weighted by Crippen LogP contribution is -2.29. The zero-order chi connectivity index (χ0) is 19.6. The van der Waals surface area contributed by atoms with Gasteiger partial charge in [-0.15, -0.1) is 12.4 Å². The highest BCUT2D eigenvalue weighted by atomic mass is 35.5. The molecule has 4 aromatic rings. The quantitative estimate of drug-likeness (QED) is 0.472. The van der Waals surface area contributed by atoms with Gasteiger partial charge in [0.15, 0.2) is 5.65 Å². The molecule has 4 heterocycles. The third-order valence-corrected chi connectivity index (χ3v) is 5.57. The number of benzene rings is 1. The minimum Gasteiger partial charge on any atom is -0.354 e. The smallest absolute Gasteiger partial charge is 0.177 e. The molecule has 1 N–H and O–H groups in total. The van der Waals surface area contributed by atoms with Gasteiger partial charge in [-0.05, 0) is 37.5 Å². The summed E-state index contributed by atoms with van der Waals surface area (Å²) in [6.45, 7) is 3.33. The lowest BCUT2D eigenvalue weighted by molar-refractivity contribution is 0.641. The van der Waals surface area contributed by atoms with Crippen molar-refractivity contribution < 1.29 is 0 Å². The summed E-state index contributed by atoms with van der Waals surface area (Å²) in [5.74, 6) is 1.86. The van der Waals surface area contributed by atoms with Crippen LogP contribution >= 0.6 is 12.4 Å². The highest BCUT2D eigenvalue weighted by Gasteiger charge is 2.24. The molecule has 0 spiro atoms. The van der Waals surface area contributed by atoms with Gasteiger partial charge in [0.25, 0.3) is 0 Å². The molecule has 5 rings (SSSR count). The first-order valence-corrected chi connectivity index (χ1v) is 10.2. The maximum absolute atomic E-state index is 4.90. The second kappa shape index (κ2) is 8.71. The molecule has 1 saturated heterocycles. The Labute approximate surface area is 182 Å². The van der Waals surface area contributed by atoms with E-state index in [1.165, 1.54) is 12.8 Å². The zero-order valence-electron chi connectivity index (χ0n) is 16.9. The number of anilines is 3. The molecule has 3 aromatic heterocycles. The van der Waals surface area contributed by atoms with Gasteiger partial charge in [-0.25, -0.2) is 14.5 Å². The number of nitrogens with one attached hydrogen (secondary N) is 1. The first-order chi connectivity index (χ1) is 14.3. The Hall–Kier alpha value is -3.12. The fraction of sp³-hybridized carbons (Fsp3) is 0.261. The molecule has 1 aliphatic heterocycles. The summed E-state index contributed by atoms with van der Waals surface area (Å²) in [5, 5.41) is 8.17. The Bertz CT molecular complexity index is 1130. The van der Waals surface area contributed by atoms with E-state index >= 15 is 0 Å². The van der Waals surface area contributed by atoms with Crippen LogP contribution in [0.1, 0.15) is 26.2 Å². The van der Waals surface area contributed by atoms with E-state index in [1.54, 1.807) is 6.20 Å². The zero-order valence-corrected chi connectivity index (χ0v) is 17.7. The third-order valence-electron chi connectivity index (χ3n) is 5.57. The molecule has 30 heavy (non-hydrogen) atoms. The lowest BCUT2D eigenvalue weighted by Gasteiger charge is -2.25. The minimum absolute atomic E-state index is 0. The molecule has 0 radical (unpaired) electrons. The topological polar surface area (TPSA) is 58.4 Å². The van der Waals surface area contributed by atoms with Gasteiger partial charge in [0.2, 0.25) is 0 Å². The summed E-state index contributed by atoms with van der Waals surface area (Å²) in [6, 6.07) is 19.0. The number of hydrogen-bond donors (Lipinski definition) is 1. The van der Waals surface area contributed by atoms with Crippen LogP contribution in [0.2, 0.25) is 0 Å². The van der Waals surface area contributed by atoms with E-state index in [4.69, 9.17) is 10.1 Å². The second-order valence-electron chi connectivity index (χ2n) is 7.41. The van der Waals surface area contributed by atoms with Crippen molar-refractivity contribution in [2.75, 3.05) is 16.8 Å². The van der Waals surface area contributed by atoms with E-state index in [9.17, 15) is 0 Å². The fourth-order valence-corrected chi connectivity index (χ4v) is 4.11. The molecule has 154 valence electrons. The van der Waals surface area contributed by atoms with Gasteiger partial charge >= 0.3 is 0 Å². The van der Waals surface area contributed by atoms with Crippen LogP contribution in [0.4, 0.5) is 17.3 Å². The average molecular weight is 421 g/mol. The van der Waals surface area contributed by atoms with Crippen LogP contribution in [0.15, 0.2) is 67.0 Å². The van der Waals surface area contributed by atoms with E-state index in [0.29, 0.717) is 6.04 Å². The minimum atomic E-state index is 0. The van der Waals surface area contributed by atoms with Crippen molar-refractivity contribution in [3.8, 4) is 11.3 Å². The number of fused-ring (bicyclic) bond motifs is 1. The normalized spacial score (nSPS) is 15.9. The number of imidazole rings is 1. The number of aromatic nitrogens is 4. The number of rotatable bonds is 5. The first-order valence-electron chi connectivity index (χ1n) is 10.2. The summed E-state index contributed by atoms with van der Waals surface area (Å²) in [7, 11) is 0. The largest absolute Gasteiger partial charge is 0.354 e. The van der Waals surface area contributed by atoms with Crippen LogP contribution in [0.25, 0.3) is 16.9 Å². The van der Waals surface area contributed by atoms with Crippen LogP contribution in [0, 0.1) is 0 Å². The van der Waals surface area contributed by atoms with Gasteiger partial charge in [0, 0.05) is 30.5 Å². The molecule has 1 aliphatic rings. The molecule has 6 nitrogen and oxygen atoms in total. The lowest BCUT2D eigenvalue weighted by atomic mass is 10.1. The molecule has 1 aromatic carbocycles. The van der Waals surface area contributed by atoms with Crippen molar-refractivity contribution in [2.45, 2.75) is 32.2 Å². The number of hydrogen-bond acceptors (Lipinski definition) is 5. The Morgan fingerprint density at radius 3 is 2.80 bits per heavy atom. The molecular weight excluding hydrogens is 396 g/mol. The summed E-state index contributed by atoms with van der Waals surface area (Å²) >= 11 is 0. The molecule has 1 unspecified atom stereocenters. The maximum atomic E-state index is 4.90. The van der Waals surface area contributed by atoms with E-state index in [2.05, 4.69) is 46.4 Å². The van der Waals surface area contributed by atoms with Gasteiger partial charge in [0.05, 0.1) is 11.4 Å². The van der Waals surface area contributed by atoms with E-state index in [0.717, 1.165) is 47.2 Å². The van der Waals surface area contributed by atoms with Crippen LogP contribution in [-0.2, 0) is 0 Å². The van der Waals surface area contributed by atoms with Crippen LogP contribution in [0.5, 0.6) is 0 Å². The van der Waals surface area contributed by atoms with Crippen LogP contribution < -0.4 is 10.2 Å². The Kier molecular flexibility index (Phi) is 5.86. The Balaban J connectivity index is 0.00000218. The standard InChI is InChI=1S/C23H24N6.ClH/c1-2-18-10-7-14-28(18)22-12-6-11-21(26-22)25-20-16-19(17-8-4-3-5-9-17)27-29-15-13-24-23(20)29;/h3-6,8-9,11-13,15-16,18H,2,7,10,14H2,1H3,(H,25,26);1H. The maximum Gasteiger partial charge on any atom is 0.177 e. The fourth-order valence-electron chi connectivity index (χ4n) is 4.11. The average Bonchev–Trinajstić information content (AvgIpc) is 3.44. The van der Waals surface area contributed by atoms with Crippen molar-refractivity contribution in [2.24, 2.45) is 0 Å².